The molecule has 0 atom stereocenters. The molecule has 0 radical (unpaired) electrons. The number of benzene rings is 2. The van der Waals surface area contributed by atoms with Crippen LogP contribution in [0.5, 0.6) is 0 Å². The Labute approximate surface area is 151 Å². The molecule has 130 valence electrons. The standard InChI is InChI=1S/C22H20N2O2/c1-15-22-19(13-17(14-25)23-15)18-9-5-6-10-20(18)24(22)21(26)12-11-16-7-3-2-4-8-16/h2-10,13,25H,11-12,14H2,1H3. The van der Waals surface area contributed by atoms with Crippen LogP contribution in [0.15, 0.2) is 60.7 Å². The number of carbonyl (C=O) groups is 1. The lowest BCUT2D eigenvalue weighted by molar-refractivity contribution is 0.0913. The molecule has 4 aromatic rings. The number of hydrogen-bond acceptors (Lipinski definition) is 3. The molecule has 2 aromatic heterocycles. The Kier molecular flexibility index (Phi) is 4.27. The summed E-state index contributed by atoms with van der Waals surface area (Å²) in [7, 11) is 0. The molecule has 0 saturated carbocycles. The topological polar surface area (TPSA) is 55.1 Å². The van der Waals surface area contributed by atoms with Crippen molar-refractivity contribution in [1.82, 2.24) is 9.55 Å². The highest BCUT2D eigenvalue weighted by Gasteiger charge is 2.18. The first-order chi connectivity index (χ1) is 12.7. The van der Waals surface area contributed by atoms with Gasteiger partial charge in [-0.1, -0.05) is 48.5 Å². The fraction of sp³-hybridized carbons (Fsp3) is 0.182. The lowest BCUT2D eigenvalue weighted by Gasteiger charge is -2.08. The summed E-state index contributed by atoms with van der Waals surface area (Å²) in [5, 5.41) is 11.5. The number of carbonyl (C=O) groups excluding carboxylic acids is 1. The van der Waals surface area contributed by atoms with Gasteiger partial charge in [0.25, 0.3) is 0 Å². The molecule has 0 aliphatic heterocycles. The highest BCUT2D eigenvalue weighted by atomic mass is 16.3. The van der Waals surface area contributed by atoms with Crippen LogP contribution in [0.2, 0.25) is 0 Å². The number of para-hydroxylation sites is 1. The van der Waals surface area contributed by atoms with Gasteiger partial charge in [0.2, 0.25) is 5.91 Å². The molecule has 0 amide bonds. The van der Waals surface area contributed by atoms with Crippen molar-refractivity contribution in [2.45, 2.75) is 26.4 Å². The zero-order valence-corrected chi connectivity index (χ0v) is 14.6. The van der Waals surface area contributed by atoms with Gasteiger partial charge in [-0.3, -0.25) is 14.3 Å². The molecule has 2 aromatic carbocycles. The quantitative estimate of drug-likeness (QED) is 0.602. The monoisotopic (exact) mass is 344 g/mol. The zero-order valence-electron chi connectivity index (χ0n) is 14.6. The summed E-state index contributed by atoms with van der Waals surface area (Å²) in [4.78, 5) is 17.6. The minimum absolute atomic E-state index is 0.0571. The molecule has 4 nitrogen and oxygen atoms in total. The van der Waals surface area contributed by atoms with E-state index in [0.717, 1.165) is 33.1 Å². The molecular weight excluding hydrogens is 324 g/mol. The van der Waals surface area contributed by atoms with Crippen molar-refractivity contribution in [3.05, 3.63) is 77.6 Å². The molecule has 0 unspecified atom stereocenters. The van der Waals surface area contributed by atoms with Crippen LogP contribution in [-0.2, 0) is 13.0 Å². The highest BCUT2D eigenvalue weighted by Crippen LogP contribution is 2.31. The first-order valence-corrected chi connectivity index (χ1v) is 8.76. The maximum Gasteiger partial charge on any atom is 0.231 e. The van der Waals surface area contributed by atoms with Crippen molar-refractivity contribution in [2.75, 3.05) is 0 Å². The van der Waals surface area contributed by atoms with Crippen molar-refractivity contribution in [1.29, 1.82) is 0 Å². The third-order valence-electron chi connectivity index (χ3n) is 4.76. The van der Waals surface area contributed by atoms with Crippen LogP contribution < -0.4 is 0 Å². The Bertz CT molecular complexity index is 1100. The van der Waals surface area contributed by atoms with Gasteiger partial charge in [-0.25, -0.2) is 0 Å². The maximum atomic E-state index is 13.1. The Morgan fingerprint density at radius 2 is 1.77 bits per heavy atom. The predicted molar refractivity (Wildman–Crippen MR) is 103 cm³/mol. The average Bonchev–Trinajstić information content (AvgIpc) is 3.02. The van der Waals surface area contributed by atoms with E-state index in [9.17, 15) is 9.90 Å². The van der Waals surface area contributed by atoms with E-state index in [-0.39, 0.29) is 12.5 Å². The average molecular weight is 344 g/mol. The molecule has 1 N–H and O–H groups in total. The van der Waals surface area contributed by atoms with Gasteiger partial charge in [0.1, 0.15) is 0 Å². The summed E-state index contributed by atoms with van der Waals surface area (Å²) in [6.45, 7) is 1.78. The molecule has 26 heavy (non-hydrogen) atoms. The molecule has 0 aliphatic carbocycles. The fourth-order valence-corrected chi connectivity index (χ4v) is 3.58. The molecule has 0 saturated heterocycles. The van der Waals surface area contributed by atoms with Gasteiger partial charge in [0, 0.05) is 17.2 Å². The van der Waals surface area contributed by atoms with E-state index < -0.39 is 0 Å². The van der Waals surface area contributed by atoms with Crippen molar-refractivity contribution in [3.8, 4) is 0 Å². The second-order valence-corrected chi connectivity index (χ2v) is 6.49. The van der Waals surface area contributed by atoms with Crippen LogP contribution in [0, 0.1) is 6.92 Å². The smallest absolute Gasteiger partial charge is 0.231 e. The Morgan fingerprint density at radius 3 is 2.54 bits per heavy atom. The summed E-state index contributed by atoms with van der Waals surface area (Å²) in [6, 6.07) is 19.8. The number of hydrogen-bond donors (Lipinski definition) is 1. The van der Waals surface area contributed by atoms with Gasteiger partial charge in [0.15, 0.2) is 0 Å². The first-order valence-electron chi connectivity index (χ1n) is 8.76. The molecule has 0 aliphatic rings. The number of fused-ring (bicyclic) bond motifs is 3. The van der Waals surface area contributed by atoms with E-state index in [1.165, 1.54) is 0 Å². The lowest BCUT2D eigenvalue weighted by atomic mass is 10.1. The predicted octanol–water partition coefficient (Wildman–Crippen LogP) is 4.26. The van der Waals surface area contributed by atoms with E-state index in [0.29, 0.717) is 18.5 Å². The Hall–Kier alpha value is -2.98. The van der Waals surface area contributed by atoms with Crippen LogP contribution in [0.4, 0.5) is 0 Å². The molecule has 0 spiro atoms. The summed E-state index contributed by atoms with van der Waals surface area (Å²) >= 11 is 0. The van der Waals surface area contributed by atoms with Crippen LogP contribution in [-0.4, -0.2) is 20.6 Å². The van der Waals surface area contributed by atoms with Gasteiger partial charge >= 0.3 is 0 Å². The largest absolute Gasteiger partial charge is 0.390 e. The van der Waals surface area contributed by atoms with E-state index in [1.54, 1.807) is 4.57 Å². The van der Waals surface area contributed by atoms with Crippen molar-refractivity contribution in [3.63, 3.8) is 0 Å². The van der Waals surface area contributed by atoms with E-state index in [2.05, 4.69) is 4.98 Å². The minimum atomic E-state index is -0.113. The summed E-state index contributed by atoms with van der Waals surface area (Å²) < 4.78 is 1.79. The van der Waals surface area contributed by atoms with Crippen molar-refractivity contribution in [2.24, 2.45) is 0 Å². The van der Waals surface area contributed by atoms with E-state index >= 15 is 0 Å². The van der Waals surface area contributed by atoms with Crippen molar-refractivity contribution < 1.29 is 9.90 Å². The first kappa shape index (κ1) is 16.5. The molecule has 4 heteroatoms. The summed E-state index contributed by atoms with van der Waals surface area (Å²) in [5.74, 6) is 0.0571. The highest BCUT2D eigenvalue weighted by molar-refractivity contribution is 6.14. The summed E-state index contributed by atoms with van der Waals surface area (Å²) in [6.07, 6.45) is 1.13. The van der Waals surface area contributed by atoms with Gasteiger partial charge in [-0.05, 0) is 31.0 Å². The second kappa shape index (κ2) is 6.73. The van der Waals surface area contributed by atoms with Crippen LogP contribution in [0.3, 0.4) is 0 Å². The molecule has 0 fully saturated rings. The van der Waals surface area contributed by atoms with E-state index in [1.807, 2.05) is 67.6 Å². The Balaban J connectivity index is 1.83. The number of aliphatic hydroxyl groups is 1. The normalized spacial score (nSPS) is 11.3. The summed E-state index contributed by atoms with van der Waals surface area (Å²) in [5.41, 5.74) is 4.26. The maximum absolute atomic E-state index is 13.1. The van der Waals surface area contributed by atoms with Gasteiger partial charge in [0.05, 0.1) is 29.0 Å². The van der Waals surface area contributed by atoms with Crippen LogP contribution in [0.25, 0.3) is 21.8 Å². The third kappa shape index (κ3) is 2.78. The van der Waals surface area contributed by atoms with Gasteiger partial charge < -0.3 is 5.11 Å². The molecule has 0 bridgehead atoms. The lowest BCUT2D eigenvalue weighted by Crippen LogP contribution is -2.12. The molecule has 4 rings (SSSR count). The van der Waals surface area contributed by atoms with Gasteiger partial charge in [-0.2, -0.15) is 0 Å². The number of pyridine rings is 1. The number of aryl methyl sites for hydroxylation is 2. The number of rotatable bonds is 4. The molecule has 2 heterocycles. The van der Waals surface area contributed by atoms with Crippen LogP contribution >= 0.6 is 0 Å². The number of aromatic nitrogens is 2. The number of nitrogens with zero attached hydrogens (tertiary/aromatic N) is 2. The molecular formula is C22H20N2O2. The fourth-order valence-electron chi connectivity index (χ4n) is 3.58. The zero-order chi connectivity index (χ0) is 18.1. The third-order valence-corrected chi connectivity index (χ3v) is 4.76. The second-order valence-electron chi connectivity index (χ2n) is 6.49. The Morgan fingerprint density at radius 1 is 1.04 bits per heavy atom. The SMILES string of the molecule is Cc1nc(CO)cc2c3ccccc3n(C(=O)CCc3ccccc3)c12. The van der Waals surface area contributed by atoms with Gasteiger partial charge in [-0.15, -0.1) is 0 Å². The number of aliphatic hydroxyl groups excluding tert-OH is 1. The van der Waals surface area contributed by atoms with Crippen LogP contribution in [0.1, 0.15) is 28.2 Å². The van der Waals surface area contributed by atoms with Crippen molar-refractivity contribution >= 4 is 27.7 Å². The van der Waals surface area contributed by atoms with E-state index in [4.69, 9.17) is 0 Å². The minimum Gasteiger partial charge on any atom is -0.390 e.